The maximum atomic E-state index is 11.9. The maximum Gasteiger partial charge on any atom is 0.408 e. The van der Waals surface area contributed by atoms with Gasteiger partial charge in [-0.05, 0) is 6.92 Å². The van der Waals surface area contributed by atoms with Crippen LogP contribution in [0.1, 0.15) is 16.1 Å². The van der Waals surface area contributed by atoms with E-state index in [1.807, 2.05) is 0 Å². The van der Waals surface area contributed by atoms with E-state index in [0.717, 1.165) is 6.20 Å². The summed E-state index contributed by atoms with van der Waals surface area (Å²) >= 11 is 0. The number of aryl methyl sites for hydroxylation is 1. The van der Waals surface area contributed by atoms with E-state index in [9.17, 15) is 18.0 Å². The Hall–Kier alpha value is -1.53. The highest BCUT2D eigenvalue weighted by molar-refractivity contribution is 5.87. The van der Waals surface area contributed by atoms with Crippen LogP contribution in [0.2, 0.25) is 0 Å². The smallest absolute Gasteiger partial charge is 0.408 e. The van der Waals surface area contributed by atoms with E-state index in [2.05, 4.69) is 5.10 Å². The average molecular weight is 208 g/mol. The fourth-order valence-electron chi connectivity index (χ4n) is 1.05. The third kappa shape index (κ3) is 2.24. The van der Waals surface area contributed by atoms with Gasteiger partial charge in [-0.1, -0.05) is 0 Å². The molecule has 0 fully saturated rings. The molecule has 0 saturated heterocycles. The average Bonchev–Trinajstić information content (AvgIpc) is 2.27. The Labute approximate surface area is 77.0 Å². The van der Waals surface area contributed by atoms with Crippen LogP contribution in [0.3, 0.4) is 0 Å². The van der Waals surface area contributed by atoms with Crippen molar-refractivity contribution in [1.29, 1.82) is 0 Å². The number of carboxylic acids is 1. The molecule has 0 aromatic carbocycles. The number of carboxylic acid groups (broad SMARTS) is 1. The SMILES string of the molecule is Cc1cnn(CC(F)(F)F)c1C(=O)O. The Balaban J connectivity index is 3.04. The number of rotatable bonds is 2. The first kappa shape index (κ1) is 10.6. The zero-order valence-corrected chi connectivity index (χ0v) is 7.17. The Morgan fingerprint density at radius 1 is 1.64 bits per heavy atom. The first-order chi connectivity index (χ1) is 6.31. The van der Waals surface area contributed by atoms with Crippen LogP contribution >= 0.6 is 0 Å². The Morgan fingerprint density at radius 2 is 2.21 bits per heavy atom. The summed E-state index contributed by atoms with van der Waals surface area (Å²) in [6.07, 6.45) is -3.38. The lowest BCUT2D eigenvalue weighted by molar-refractivity contribution is -0.142. The minimum Gasteiger partial charge on any atom is -0.477 e. The summed E-state index contributed by atoms with van der Waals surface area (Å²) in [6, 6.07) is 0. The summed E-state index contributed by atoms with van der Waals surface area (Å²) in [5.74, 6) is -1.41. The zero-order chi connectivity index (χ0) is 10.9. The number of hydrogen-bond acceptors (Lipinski definition) is 2. The highest BCUT2D eigenvalue weighted by Crippen LogP contribution is 2.19. The monoisotopic (exact) mass is 208 g/mol. The molecule has 0 aliphatic carbocycles. The first-order valence-corrected chi connectivity index (χ1v) is 3.63. The molecule has 0 bridgehead atoms. The molecule has 1 N–H and O–H groups in total. The fourth-order valence-corrected chi connectivity index (χ4v) is 1.05. The molecule has 1 rings (SSSR count). The van der Waals surface area contributed by atoms with E-state index >= 15 is 0 Å². The van der Waals surface area contributed by atoms with Crippen molar-refractivity contribution in [3.8, 4) is 0 Å². The van der Waals surface area contributed by atoms with Gasteiger partial charge < -0.3 is 5.11 Å². The highest BCUT2D eigenvalue weighted by atomic mass is 19.4. The van der Waals surface area contributed by atoms with E-state index < -0.39 is 24.4 Å². The number of nitrogens with zero attached hydrogens (tertiary/aromatic N) is 2. The van der Waals surface area contributed by atoms with Gasteiger partial charge in [-0.15, -0.1) is 0 Å². The second kappa shape index (κ2) is 3.32. The van der Waals surface area contributed by atoms with Crippen LogP contribution < -0.4 is 0 Å². The summed E-state index contributed by atoms with van der Waals surface area (Å²) in [6.45, 7) is 0.00575. The third-order valence-corrected chi connectivity index (χ3v) is 1.55. The highest BCUT2D eigenvalue weighted by Gasteiger charge is 2.31. The molecule has 1 aromatic rings. The zero-order valence-electron chi connectivity index (χ0n) is 7.17. The van der Waals surface area contributed by atoms with Crippen LogP contribution in [0.4, 0.5) is 13.2 Å². The second-order valence-corrected chi connectivity index (χ2v) is 2.75. The van der Waals surface area contributed by atoms with Crippen molar-refractivity contribution in [3.05, 3.63) is 17.5 Å². The molecule has 0 aliphatic rings. The molecule has 14 heavy (non-hydrogen) atoms. The maximum absolute atomic E-state index is 11.9. The molecule has 78 valence electrons. The van der Waals surface area contributed by atoms with Gasteiger partial charge in [0.05, 0.1) is 6.20 Å². The Bertz CT molecular complexity index is 356. The predicted molar refractivity (Wildman–Crippen MR) is 40.0 cm³/mol. The number of hydrogen-bond donors (Lipinski definition) is 1. The number of halogens is 3. The lowest BCUT2D eigenvalue weighted by Gasteiger charge is -2.07. The Kier molecular flexibility index (Phi) is 2.50. The van der Waals surface area contributed by atoms with Gasteiger partial charge >= 0.3 is 12.1 Å². The summed E-state index contributed by atoms with van der Waals surface area (Å²) in [5.41, 5.74) is -0.218. The van der Waals surface area contributed by atoms with Crippen molar-refractivity contribution in [2.45, 2.75) is 19.6 Å². The van der Waals surface area contributed by atoms with Gasteiger partial charge in [0.2, 0.25) is 0 Å². The van der Waals surface area contributed by atoms with Crippen molar-refractivity contribution in [1.82, 2.24) is 9.78 Å². The molecule has 7 heteroatoms. The lowest BCUT2D eigenvalue weighted by atomic mass is 10.3. The van der Waals surface area contributed by atoms with Crippen LogP contribution in [0.25, 0.3) is 0 Å². The summed E-state index contributed by atoms with van der Waals surface area (Å²) in [4.78, 5) is 10.6. The van der Waals surface area contributed by atoms with Gasteiger partial charge in [-0.2, -0.15) is 18.3 Å². The Morgan fingerprint density at radius 3 is 2.64 bits per heavy atom. The van der Waals surface area contributed by atoms with Crippen molar-refractivity contribution in [2.75, 3.05) is 0 Å². The number of carbonyl (C=O) groups is 1. The van der Waals surface area contributed by atoms with Crippen molar-refractivity contribution >= 4 is 5.97 Å². The molecule has 0 radical (unpaired) electrons. The molecule has 0 saturated carbocycles. The molecule has 0 unspecified atom stereocenters. The number of aromatic carboxylic acids is 1. The van der Waals surface area contributed by atoms with E-state index in [0.29, 0.717) is 4.68 Å². The predicted octanol–water partition coefficient (Wildman–Crippen LogP) is 1.45. The molecule has 0 aliphatic heterocycles. The van der Waals surface area contributed by atoms with Crippen LogP contribution in [0.15, 0.2) is 6.20 Å². The molecule has 1 heterocycles. The second-order valence-electron chi connectivity index (χ2n) is 2.75. The molecule has 0 atom stereocenters. The largest absolute Gasteiger partial charge is 0.477 e. The van der Waals surface area contributed by atoms with Gasteiger partial charge in [0.1, 0.15) is 12.2 Å². The van der Waals surface area contributed by atoms with Gasteiger partial charge in [-0.25, -0.2) is 9.48 Å². The van der Waals surface area contributed by atoms with E-state index in [1.54, 1.807) is 0 Å². The summed E-state index contributed by atoms with van der Waals surface area (Å²) in [7, 11) is 0. The van der Waals surface area contributed by atoms with E-state index in [-0.39, 0.29) is 5.56 Å². The molecular weight excluding hydrogens is 201 g/mol. The molecule has 0 spiro atoms. The van der Waals surface area contributed by atoms with Crippen molar-refractivity contribution < 1.29 is 23.1 Å². The van der Waals surface area contributed by atoms with E-state index in [1.165, 1.54) is 6.92 Å². The molecular formula is C7H7F3N2O2. The molecule has 4 nitrogen and oxygen atoms in total. The summed E-state index contributed by atoms with van der Waals surface area (Å²) < 4.78 is 36.2. The summed E-state index contributed by atoms with van der Waals surface area (Å²) in [5, 5.41) is 11.9. The molecule has 1 aromatic heterocycles. The van der Waals surface area contributed by atoms with Gasteiger partial charge in [0.25, 0.3) is 0 Å². The van der Waals surface area contributed by atoms with Gasteiger partial charge in [0.15, 0.2) is 0 Å². The van der Waals surface area contributed by atoms with Crippen LogP contribution in [-0.4, -0.2) is 27.0 Å². The number of alkyl halides is 3. The molecule has 0 amide bonds. The van der Waals surface area contributed by atoms with Crippen molar-refractivity contribution in [3.63, 3.8) is 0 Å². The van der Waals surface area contributed by atoms with Gasteiger partial charge in [-0.3, -0.25) is 0 Å². The van der Waals surface area contributed by atoms with Crippen LogP contribution in [0.5, 0.6) is 0 Å². The first-order valence-electron chi connectivity index (χ1n) is 3.63. The quantitative estimate of drug-likeness (QED) is 0.800. The van der Waals surface area contributed by atoms with Gasteiger partial charge in [0, 0.05) is 5.56 Å². The van der Waals surface area contributed by atoms with E-state index in [4.69, 9.17) is 5.11 Å². The van der Waals surface area contributed by atoms with Crippen molar-refractivity contribution in [2.24, 2.45) is 0 Å². The topological polar surface area (TPSA) is 55.1 Å². The standard InChI is InChI=1S/C7H7F3N2O2/c1-4-2-11-12(3-7(8,9)10)5(4)6(13)14/h2H,3H2,1H3,(H,13,14). The minimum absolute atomic E-state index is 0.210. The fraction of sp³-hybridized carbons (Fsp3) is 0.429. The van der Waals surface area contributed by atoms with Crippen LogP contribution in [0, 0.1) is 6.92 Å². The lowest BCUT2D eigenvalue weighted by Crippen LogP contribution is -2.22. The number of aromatic nitrogens is 2. The third-order valence-electron chi connectivity index (χ3n) is 1.55. The minimum atomic E-state index is -4.47. The normalized spacial score (nSPS) is 11.7. The van der Waals surface area contributed by atoms with Crippen LogP contribution in [-0.2, 0) is 6.54 Å².